The van der Waals surface area contributed by atoms with E-state index >= 15 is 0 Å². The summed E-state index contributed by atoms with van der Waals surface area (Å²) in [7, 11) is -4.45. The molecule has 4 aromatic carbocycles. The van der Waals surface area contributed by atoms with Crippen molar-refractivity contribution in [1.82, 2.24) is 5.32 Å². The summed E-state index contributed by atoms with van der Waals surface area (Å²) < 4.78 is 40.4. The first-order valence-corrected chi connectivity index (χ1v) is 18.9. The summed E-state index contributed by atoms with van der Waals surface area (Å²) in [6.07, 6.45) is -0.797. The number of aliphatic carboxylic acids is 1. The SMILES string of the molecule is CC(C)C(C(=O)O)N(c1cccc(Cl)c1)S(=O)(=O)c1cccc([AsH]C(=O)[C@@H](COCc2ccccc2)NC(=O)OCc2ccccc2)c1. The van der Waals surface area contributed by atoms with Crippen LogP contribution < -0.4 is 14.0 Å². The van der Waals surface area contributed by atoms with Gasteiger partial charge in [-0.2, -0.15) is 0 Å². The van der Waals surface area contributed by atoms with Crippen LogP contribution in [0.3, 0.4) is 0 Å². The van der Waals surface area contributed by atoms with Crippen molar-refractivity contribution in [3.8, 4) is 0 Å². The number of nitrogens with zero attached hydrogens (tertiary/aromatic N) is 1. The first kappa shape index (κ1) is 36.7. The van der Waals surface area contributed by atoms with E-state index in [-0.39, 0.29) is 40.0 Å². The summed E-state index contributed by atoms with van der Waals surface area (Å²) in [6.45, 7) is 3.31. The van der Waals surface area contributed by atoms with Crippen molar-refractivity contribution in [2.45, 2.75) is 44.0 Å². The minimum atomic E-state index is -4.45. The van der Waals surface area contributed by atoms with Crippen LogP contribution in [0.1, 0.15) is 25.0 Å². The molecule has 2 N–H and O–H groups in total. The monoisotopic (exact) mass is 754 g/mol. The number of hydrogen-bond acceptors (Lipinski definition) is 7. The van der Waals surface area contributed by atoms with Crippen LogP contribution >= 0.6 is 11.6 Å². The second-order valence-electron chi connectivity index (χ2n) is 11.1. The summed E-state index contributed by atoms with van der Waals surface area (Å²) in [6, 6.07) is 27.8. The molecule has 0 aliphatic heterocycles. The summed E-state index contributed by atoms with van der Waals surface area (Å²) in [5.74, 6) is -1.92. The summed E-state index contributed by atoms with van der Waals surface area (Å²) in [5.41, 5.74) is 1.75. The third-order valence-corrected chi connectivity index (χ3v) is 11.6. The van der Waals surface area contributed by atoms with Gasteiger partial charge >= 0.3 is 293 Å². The number of carbonyl (C=O) groups is 3. The summed E-state index contributed by atoms with van der Waals surface area (Å²) >= 11 is 4.46. The molecule has 10 nitrogen and oxygen atoms in total. The Kier molecular flexibility index (Phi) is 13.2. The number of alkyl carbamates (subject to hydrolysis) is 1. The minimum absolute atomic E-state index is 0.00544. The van der Waals surface area contributed by atoms with Crippen LogP contribution in [0, 0.1) is 5.92 Å². The maximum atomic E-state index is 14.1. The Hall–Kier alpha value is -4.15. The van der Waals surface area contributed by atoms with Crippen LogP contribution in [-0.4, -0.2) is 64.6 Å². The van der Waals surface area contributed by atoms with Crippen LogP contribution in [0.15, 0.2) is 114 Å². The Morgan fingerprint density at radius 1 is 0.854 bits per heavy atom. The van der Waals surface area contributed by atoms with E-state index < -0.39 is 55.8 Å². The third kappa shape index (κ3) is 10.2. The van der Waals surface area contributed by atoms with Crippen molar-refractivity contribution in [3.63, 3.8) is 0 Å². The summed E-state index contributed by atoms with van der Waals surface area (Å²) in [5, 5.41) is 12.9. The number of benzene rings is 4. The Morgan fingerprint density at radius 2 is 1.48 bits per heavy atom. The molecule has 0 fully saturated rings. The molecule has 13 heteroatoms. The van der Waals surface area contributed by atoms with E-state index in [9.17, 15) is 27.9 Å². The first-order chi connectivity index (χ1) is 23.0. The van der Waals surface area contributed by atoms with Crippen LogP contribution in [0.2, 0.25) is 5.02 Å². The molecule has 4 aromatic rings. The van der Waals surface area contributed by atoms with Crippen molar-refractivity contribution in [2.24, 2.45) is 5.92 Å². The molecule has 0 saturated heterocycles. The fourth-order valence-electron chi connectivity index (χ4n) is 4.75. The van der Waals surface area contributed by atoms with Gasteiger partial charge in [-0.3, -0.25) is 0 Å². The fourth-order valence-corrected chi connectivity index (χ4v) is 9.08. The van der Waals surface area contributed by atoms with Crippen LogP contribution in [-0.2, 0) is 42.3 Å². The number of ether oxygens (including phenoxy) is 2. The van der Waals surface area contributed by atoms with Gasteiger partial charge in [0.1, 0.15) is 0 Å². The molecule has 0 bridgehead atoms. The van der Waals surface area contributed by atoms with Gasteiger partial charge in [-0.05, 0) is 0 Å². The average molecular weight is 755 g/mol. The molecule has 252 valence electrons. The number of nitrogens with one attached hydrogen (secondary N) is 1. The Morgan fingerprint density at radius 3 is 2.08 bits per heavy atom. The normalized spacial score (nSPS) is 12.8. The van der Waals surface area contributed by atoms with Gasteiger partial charge in [0.25, 0.3) is 0 Å². The number of halogens is 1. The van der Waals surface area contributed by atoms with Gasteiger partial charge in [0.15, 0.2) is 0 Å². The van der Waals surface area contributed by atoms with Crippen LogP contribution in [0.4, 0.5) is 10.5 Å². The molecule has 4 rings (SSSR count). The molecule has 48 heavy (non-hydrogen) atoms. The second kappa shape index (κ2) is 17.3. The maximum absolute atomic E-state index is 14.1. The second-order valence-corrected chi connectivity index (χ2v) is 16.1. The fraction of sp³-hybridized carbons (Fsp3) is 0.229. The molecule has 2 unspecified atom stereocenters. The van der Waals surface area contributed by atoms with E-state index in [0.29, 0.717) is 4.35 Å². The van der Waals surface area contributed by atoms with Crippen molar-refractivity contribution >= 4 is 64.0 Å². The summed E-state index contributed by atoms with van der Waals surface area (Å²) in [4.78, 5) is 38.6. The third-order valence-electron chi connectivity index (χ3n) is 7.08. The molecule has 0 aromatic heterocycles. The molecule has 0 saturated carbocycles. The molecule has 0 aliphatic carbocycles. The number of carboxylic acids is 1. The van der Waals surface area contributed by atoms with Crippen molar-refractivity contribution in [1.29, 1.82) is 0 Å². The molecular weight excluding hydrogens is 719 g/mol. The molecule has 0 aliphatic rings. The van der Waals surface area contributed by atoms with E-state index in [0.717, 1.165) is 15.4 Å². The van der Waals surface area contributed by atoms with Crippen LogP contribution in [0.25, 0.3) is 0 Å². The Bertz CT molecular complexity index is 1810. The van der Waals surface area contributed by atoms with Crippen LogP contribution in [0.5, 0.6) is 0 Å². The van der Waals surface area contributed by atoms with Crippen molar-refractivity contribution < 1.29 is 37.4 Å². The van der Waals surface area contributed by atoms with Gasteiger partial charge < -0.3 is 0 Å². The predicted octanol–water partition coefficient (Wildman–Crippen LogP) is 4.74. The van der Waals surface area contributed by atoms with Gasteiger partial charge in [-0.25, -0.2) is 0 Å². The standard InChI is InChI=1S/C35H36AsClN2O8S/c1-24(2)32(34(41)42)39(29-17-10-16-28(37)20-29)48(44,45)30-18-9-15-27(19-30)36-33(40)31(23-46-21-25-11-5-3-6-12-25)38-35(43)47-22-26-13-7-4-8-14-26/h3-20,24,31-32,36H,21-23H2,1-2H3,(H,38,43)(H,41,42)/t31-,32?/m1/s1. The van der Waals surface area contributed by atoms with Gasteiger partial charge in [-0.15, -0.1) is 0 Å². The molecule has 0 heterocycles. The van der Waals surface area contributed by atoms with Gasteiger partial charge in [-0.1, -0.05) is 0 Å². The van der Waals surface area contributed by atoms with Crippen molar-refractivity contribution in [3.05, 3.63) is 125 Å². The number of sulfonamides is 1. The van der Waals surface area contributed by atoms with Crippen molar-refractivity contribution in [2.75, 3.05) is 10.9 Å². The number of carboxylic acid groups (broad SMARTS) is 1. The average Bonchev–Trinajstić information content (AvgIpc) is 3.06. The number of hydrogen-bond donors (Lipinski definition) is 2. The molecule has 3 atom stereocenters. The van der Waals surface area contributed by atoms with E-state index in [2.05, 4.69) is 5.32 Å². The molecule has 0 spiro atoms. The van der Waals surface area contributed by atoms with E-state index in [4.69, 9.17) is 21.1 Å². The van der Waals surface area contributed by atoms with Gasteiger partial charge in [0, 0.05) is 0 Å². The molecule has 0 radical (unpaired) electrons. The number of anilines is 1. The molecular formula is C35H36AsClN2O8S. The Balaban J connectivity index is 1.56. The zero-order chi connectivity index (χ0) is 34.7. The quantitative estimate of drug-likeness (QED) is 0.157. The Labute approximate surface area is 291 Å². The zero-order valence-corrected chi connectivity index (χ0v) is 30.0. The number of rotatable bonds is 16. The van der Waals surface area contributed by atoms with Gasteiger partial charge in [0.2, 0.25) is 0 Å². The first-order valence-electron chi connectivity index (χ1n) is 15.0. The topological polar surface area (TPSA) is 139 Å². The van der Waals surface area contributed by atoms with E-state index in [1.807, 2.05) is 48.5 Å². The zero-order valence-electron chi connectivity index (χ0n) is 26.3. The number of amides is 1. The number of carbonyl (C=O) groups excluding carboxylic acids is 2. The van der Waals surface area contributed by atoms with Gasteiger partial charge in [0.05, 0.1) is 0 Å². The van der Waals surface area contributed by atoms with E-state index in [1.165, 1.54) is 30.3 Å². The predicted molar refractivity (Wildman–Crippen MR) is 185 cm³/mol. The molecule has 1 amide bonds. The van der Waals surface area contributed by atoms with E-state index in [1.54, 1.807) is 44.2 Å².